The van der Waals surface area contributed by atoms with Crippen molar-refractivity contribution in [3.63, 3.8) is 0 Å². The Hall–Kier alpha value is 1.61. The molecule has 4 nitrogen and oxygen atoms in total. The van der Waals surface area contributed by atoms with Crippen molar-refractivity contribution in [3.05, 3.63) is 0 Å². The van der Waals surface area contributed by atoms with Crippen LogP contribution in [0.5, 0.6) is 0 Å². The number of rotatable bonds is 1. The van der Waals surface area contributed by atoms with Crippen LogP contribution in [0.3, 0.4) is 0 Å². The molecule has 0 aromatic carbocycles. The molecule has 0 saturated heterocycles. The van der Waals surface area contributed by atoms with E-state index in [2.05, 4.69) is 0 Å². The summed E-state index contributed by atoms with van der Waals surface area (Å²) < 4.78 is 0. The average molecular weight is 129 g/mol. The maximum Gasteiger partial charge on any atom is 0.482 e. The average Bonchev–Trinajstić information content (AvgIpc) is 1.36. The molecule has 0 bridgehead atoms. The predicted molar refractivity (Wildman–Crippen MR) is 26.1 cm³/mol. The Bertz CT molecular complexity index is 30.7. The van der Waals surface area contributed by atoms with E-state index in [1.54, 1.807) is 0 Å². The zero-order valence-corrected chi connectivity index (χ0v) is 7.07. The third-order valence-corrected chi connectivity index (χ3v) is 0.267. The maximum atomic E-state index is 7.69. The summed E-state index contributed by atoms with van der Waals surface area (Å²) in [6, 6.07) is 0. The minimum atomic E-state index is -2.04. The minimum Gasteiger partial charge on any atom is -0.429 e. The first-order valence-corrected chi connectivity index (χ1v) is 1.37. The zero-order chi connectivity index (χ0) is 5.15. The van der Waals surface area contributed by atoms with E-state index < -0.39 is 14.0 Å². The molecule has 7 heavy (non-hydrogen) atoms. The molecule has 0 aliphatic carbocycles. The molecule has 0 rings (SSSR count). The van der Waals surface area contributed by atoms with Crippen molar-refractivity contribution in [2.24, 2.45) is 0 Å². The van der Waals surface area contributed by atoms with Crippen molar-refractivity contribution in [2.45, 2.75) is 0 Å². The van der Waals surface area contributed by atoms with E-state index in [0.29, 0.717) is 0 Å². The van der Waals surface area contributed by atoms with Gasteiger partial charge in [-0.2, -0.15) is 0 Å². The van der Waals surface area contributed by atoms with Crippen LogP contribution in [-0.2, 0) is 0 Å². The molecule has 0 spiro atoms. The summed E-state index contributed by atoms with van der Waals surface area (Å²) in [6.45, 7) is 0. The molecule has 0 saturated carbocycles. The molecule has 0 aliphatic heterocycles. The SMILES string of the molecule is OB(O)B(O)O.[K]. The molecule has 0 amide bonds. The van der Waals surface area contributed by atoms with E-state index in [9.17, 15) is 0 Å². The zero-order valence-electron chi connectivity index (χ0n) is 3.94. The maximum absolute atomic E-state index is 7.69. The second kappa shape index (κ2) is 5.74. The van der Waals surface area contributed by atoms with Crippen molar-refractivity contribution in [1.82, 2.24) is 0 Å². The van der Waals surface area contributed by atoms with E-state index in [1.165, 1.54) is 0 Å². The summed E-state index contributed by atoms with van der Waals surface area (Å²) in [4.78, 5) is 0. The van der Waals surface area contributed by atoms with Crippen molar-refractivity contribution in [2.75, 3.05) is 0 Å². The Morgan fingerprint density at radius 2 is 0.857 bits per heavy atom. The normalized spacial score (nSPS) is 6.86. The van der Waals surface area contributed by atoms with Crippen molar-refractivity contribution >= 4 is 65.4 Å². The van der Waals surface area contributed by atoms with Gasteiger partial charge in [-0.3, -0.25) is 0 Å². The Kier molecular flexibility index (Phi) is 9.35. The van der Waals surface area contributed by atoms with Gasteiger partial charge < -0.3 is 20.1 Å². The van der Waals surface area contributed by atoms with Crippen LogP contribution in [0, 0.1) is 0 Å². The minimum absolute atomic E-state index is 0. The monoisotopic (exact) mass is 129 g/mol. The van der Waals surface area contributed by atoms with Crippen LogP contribution in [0.4, 0.5) is 0 Å². The summed E-state index contributed by atoms with van der Waals surface area (Å²) in [5.41, 5.74) is 0. The Morgan fingerprint density at radius 1 is 0.714 bits per heavy atom. The van der Waals surface area contributed by atoms with Gasteiger partial charge in [0.15, 0.2) is 0 Å². The van der Waals surface area contributed by atoms with Crippen molar-refractivity contribution < 1.29 is 20.1 Å². The van der Waals surface area contributed by atoms with E-state index in [1.807, 2.05) is 0 Å². The molecule has 0 aromatic heterocycles. The van der Waals surface area contributed by atoms with Gasteiger partial charge in [-0.1, -0.05) is 0 Å². The largest absolute Gasteiger partial charge is 0.482 e. The topological polar surface area (TPSA) is 80.9 Å². The molecule has 7 heteroatoms. The Morgan fingerprint density at radius 3 is 0.857 bits per heavy atom. The van der Waals surface area contributed by atoms with Crippen molar-refractivity contribution in [1.29, 1.82) is 0 Å². The van der Waals surface area contributed by atoms with Gasteiger partial charge in [0.1, 0.15) is 0 Å². The van der Waals surface area contributed by atoms with Crippen LogP contribution in [0.25, 0.3) is 0 Å². The summed E-state index contributed by atoms with van der Waals surface area (Å²) >= 11 is 0. The van der Waals surface area contributed by atoms with Gasteiger partial charge in [-0.15, -0.1) is 0 Å². The first-order chi connectivity index (χ1) is 2.64. The van der Waals surface area contributed by atoms with Crippen LogP contribution in [0.2, 0.25) is 0 Å². The molecule has 0 aliphatic rings. The van der Waals surface area contributed by atoms with Gasteiger partial charge in [0.2, 0.25) is 0 Å². The summed E-state index contributed by atoms with van der Waals surface area (Å²) in [7, 11) is -4.07. The van der Waals surface area contributed by atoms with Gasteiger partial charge in [-0.25, -0.2) is 0 Å². The number of hydrogen-bond acceptors (Lipinski definition) is 4. The van der Waals surface area contributed by atoms with E-state index >= 15 is 0 Å². The molecule has 0 fully saturated rings. The van der Waals surface area contributed by atoms with Gasteiger partial charge in [0, 0.05) is 51.4 Å². The molecular formula is H4B2KO4. The molecule has 1 radical (unpaired) electrons. The molecule has 4 N–H and O–H groups in total. The van der Waals surface area contributed by atoms with Crippen molar-refractivity contribution in [3.8, 4) is 0 Å². The second-order valence-corrected chi connectivity index (χ2v) is 0.827. The van der Waals surface area contributed by atoms with Crippen LogP contribution >= 0.6 is 0 Å². The van der Waals surface area contributed by atoms with Crippen LogP contribution < -0.4 is 0 Å². The Balaban J connectivity index is 0. The number of hydrogen-bond donors (Lipinski definition) is 4. The van der Waals surface area contributed by atoms with Gasteiger partial charge >= 0.3 is 14.0 Å². The van der Waals surface area contributed by atoms with E-state index in [0.717, 1.165) is 0 Å². The molecule has 0 aromatic rings. The third kappa shape index (κ3) is 7.61. The van der Waals surface area contributed by atoms with Gasteiger partial charge in [-0.05, 0) is 0 Å². The van der Waals surface area contributed by atoms with Crippen LogP contribution in [-0.4, -0.2) is 85.5 Å². The molecule has 0 unspecified atom stereocenters. The Labute approximate surface area is 84.2 Å². The molecule has 35 valence electrons. The fourth-order valence-corrected chi connectivity index (χ4v) is 0. The standard InChI is InChI=1S/B2H4O4.K/c3-1(4)2(5)6;/h3-6H;. The smallest absolute Gasteiger partial charge is 0.429 e. The van der Waals surface area contributed by atoms with E-state index in [4.69, 9.17) is 20.1 Å². The quantitative estimate of drug-likeness (QED) is 0.278. The van der Waals surface area contributed by atoms with Gasteiger partial charge in [0.25, 0.3) is 0 Å². The molecular weight excluding hydrogens is 125 g/mol. The molecule has 0 atom stereocenters. The van der Waals surface area contributed by atoms with Crippen LogP contribution in [0.1, 0.15) is 0 Å². The molecule has 0 heterocycles. The predicted octanol–water partition coefficient (Wildman–Crippen LogP) is -3.37. The van der Waals surface area contributed by atoms with Gasteiger partial charge in [0.05, 0.1) is 0 Å². The first-order valence-electron chi connectivity index (χ1n) is 1.37. The van der Waals surface area contributed by atoms with Crippen LogP contribution in [0.15, 0.2) is 0 Å². The second-order valence-electron chi connectivity index (χ2n) is 0.827. The third-order valence-electron chi connectivity index (χ3n) is 0.267. The van der Waals surface area contributed by atoms with E-state index in [-0.39, 0.29) is 51.4 Å². The summed E-state index contributed by atoms with van der Waals surface area (Å²) in [6.07, 6.45) is 0. The fourth-order valence-electron chi connectivity index (χ4n) is 0. The fraction of sp³-hybridized carbons (Fsp3) is 0. The first kappa shape index (κ1) is 11.4. The summed E-state index contributed by atoms with van der Waals surface area (Å²) in [5, 5.41) is 30.7. The summed E-state index contributed by atoms with van der Waals surface area (Å²) in [5.74, 6) is 0.